The number of alkyl halides is 5. The van der Waals surface area contributed by atoms with Gasteiger partial charge in [0.2, 0.25) is 0 Å². The highest BCUT2D eigenvalue weighted by Crippen LogP contribution is 2.31. The van der Waals surface area contributed by atoms with Gasteiger partial charge >= 0.3 is 18.4 Å². The largest absolute Gasteiger partial charge is 0.573 e. The monoisotopic (exact) mass is 534 g/mol. The van der Waals surface area contributed by atoms with E-state index in [9.17, 15) is 31.9 Å². The minimum absolute atomic E-state index is 0.0216. The number of thiocarbonyl (C=S) groups is 1. The van der Waals surface area contributed by atoms with Crippen molar-refractivity contribution in [1.82, 2.24) is 5.32 Å². The molecule has 0 amide bonds. The summed E-state index contributed by atoms with van der Waals surface area (Å²) in [6, 6.07) is 8.85. The highest BCUT2D eigenvalue weighted by atomic mass is 32.1. The molecule has 2 aromatic carbocycles. The number of benzene rings is 2. The zero-order valence-corrected chi connectivity index (χ0v) is 19.7. The Morgan fingerprint density at radius 3 is 2.28 bits per heavy atom. The van der Waals surface area contributed by atoms with Crippen LogP contribution in [0.3, 0.4) is 0 Å². The minimum atomic E-state index is -4.94. The van der Waals surface area contributed by atoms with E-state index in [1.165, 1.54) is 12.1 Å². The summed E-state index contributed by atoms with van der Waals surface area (Å²) in [5, 5.41) is 15.7. The second-order valence-corrected chi connectivity index (χ2v) is 8.55. The van der Waals surface area contributed by atoms with Gasteiger partial charge in [0, 0.05) is 24.7 Å². The van der Waals surface area contributed by atoms with Crippen LogP contribution >= 0.6 is 12.2 Å². The van der Waals surface area contributed by atoms with Gasteiger partial charge in [-0.2, -0.15) is 8.78 Å². The van der Waals surface area contributed by atoms with E-state index in [-0.39, 0.29) is 28.8 Å². The van der Waals surface area contributed by atoms with Gasteiger partial charge in [-0.3, -0.25) is 0 Å². The zero-order chi connectivity index (χ0) is 26.5. The molecule has 0 atom stereocenters. The zero-order valence-electron chi connectivity index (χ0n) is 18.9. The van der Waals surface area contributed by atoms with Crippen LogP contribution in [-0.2, 0) is 0 Å². The van der Waals surface area contributed by atoms with E-state index >= 15 is 0 Å². The number of hydrogen-bond acceptors (Lipinski definition) is 5. The van der Waals surface area contributed by atoms with E-state index in [1.54, 1.807) is 12.1 Å². The molecule has 3 N–H and O–H groups in total. The molecule has 7 nitrogen and oxygen atoms in total. The fourth-order valence-corrected chi connectivity index (χ4v) is 3.96. The fraction of sp³-hybridized carbons (Fsp3) is 0.391. The second-order valence-electron chi connectivity index (χ2n) is 8.14. The standard InChI is InChI=1S/C23H23F5N2O5S/c1-22(24,25)34-16-4-2-3-14(11-16)30-21(36)29-13-5-7-15(8-6-13)33-19-10-9-17(35-23(26,27)28)12-18(19)20(31)32/h2-4,9-13,15H,5-8H2,1H3,(H,31,32)(H2,29,30,36). The molecule has 0 bridgehead atoms. The number of carbonyl (C=O) groups is 1. The molecule has 0 unspecified atom stereocenters. The van der Waals surface area contributed by atoms with Crippen LogP contribution in [0.1, 0.15) is 43.0 Å². The van der Waals surface area contributed by atoms with Crippen LogP contribution < -0.4 is 24.8 Å². The molecule has 0 radical (unpaired) electrons. The van der Waals surface area contributed by atoms with Crippen molar-refractivity contribution in [2.75, 3.05) is 5.32 Å². The molecule has 0 saturated heterocycles. The molecule has 1 aliphatic carbocycles. The Hall–Kier alpha value is -3.35. The number of ether oxygens (including phenoxy) is 3. The van der Waals surface area contributed by atoms with Crippen molar-refractivity contribution >= 4 is 29.0 Å². The lowest BCUT2D eigenvalue weighted by Gasteiger charge is -2.30. The van der Waals surface area contributed by atoms with Crippen molar-refractivity contribution < 1.29 is 46.1 Å². The van der Waals surface area contributed by atoms with Crippen LogP contribution in [0.5, 0.6) is 17.2 Å². The summed E-state index contributed by atoms with van der Waals surface area (Å²) in [6.45, 7) is 0.638. The SMILES string of the molecule is CC(F)(F)Oc1cccc(NC(=S)NC2CCC(Oc3ccc(OC(F)(F)F)cc3C(=O)O)CC2)c1. The predicted octanol–water partition coefficient (Wildman–Crippen LogP) is 5.95. The van der Waals surface area contributed by atoms with Crippen LogP contribution in [0.4, 0.5) is 27.6 Å². The Morgan fingerprint density at radius 2 is 1.67 bits per heavy atom. The van der Waals surface area contributed by atoms with Gasteiger partial charge < -0.3 is 30.0 Å². The topological polar surface area (TPSA) is 89.0 Å². The minimum Gasteiger partial charge on any atom is -0.490 e. The molecule has 3 rings (SSSR count). The molecular formula is C23H23F5N2O5S. The predicted molar refractivity (Wildman–Crippen MR) is 124 cm³/mol. The third-order valence-electron chi connectivity index (χ3n) is 5.11. The molecule has 0 heterocycles. The van der Waals surface area contributed by atoms with Crippen molar-refractivity contribution in [1.29, 1.82) is 0 Å². The van der Waals surface area contributed by atoms with E-state index in [0.29, 0.717) is 38.3 Å². The van der Waals surface area contributed by atoms with Gasteiger partial charge in [-0.05, 0) is 68.2 Å². The van der Waals surface area contributed by atoms with E-state index in [4.69, 9.17) is 17.0 Å². The Morgan fingerprint density at radius 1 is 1.00 bits per heavy atom. The number of nitrogens with one attached hydrogen (secondary N) is 2. The smallest absolute Gasteiger partial charge is 0.490 e. The molecule has 2 aromatic rings. The lowest BCUT2D eigenvalue weighted by molar-refractivity contribution is -0.274. The highest BCUT2D eigenvalue weighted by molar-refractivity contribution is 7.80. The maximum absolute atomic E-state index is 13.1. The van der Waals surface area contributed by atoms with Gasteiger partial charge in [-0.25, -0.2) is 4.79 Å². The first kappa shape index (κ1) is 27.2. The van der Waals surface area contributed by atoms with E-state index < -0.39 is 29.8 Å². The van der Waals surface area contributed by atoms with Crippen LogP contribution in [0.25, 0.3) is 0 Å². The van der Waals surface area contributed by atoms with Crippen LogP contribution in [-0.4, -0.2) is 40.8 Å². The fourth-order valence-electron chi connectivity index (χ4n) is 3.68. The third kappa shape index (κ3) is 8.70. The van der Waals surface area contributed by atoms with E-state index in [0.717, 1.165) is 18.2 Å². The summed E-state index contributed by atoms with van der Waals surface area (Å²) in [5.74, 6) is -2.17. The van der Waals surface area contributed by atoms with Crippen molar-refractivity contribution in [3.63, 3.8) is 0 Å². The quantitative estimate of drug-likeness (QED) is 0.283. The van der Waals surface area contributed by atoms with E-state index in [2.05, 4.69) is 20.1 Å². The molecule has 196 valence electrons. The molecule has 13 heteroatoms. The van der Waals surface area contributed by atoms with Crippen LogP contribution in [0.15, 0.2) is 42.5 Å². The first-order chi connectivity index (χ1) is 16.8. The molecule has 0 aromatic heterocycles. The number of anilines is 1. The normalized spacial score (nSPS) is 18.2. The number of rotatable bonds is 8. The third-order valence-corrected chi connectivity index (χ3v) is 5.33. The molecule has 1 aliphatic rings. The molecular weight excluding hydrogens is 511 g/mol. The summed E-state index contributed by atoms with van der Waals surface area (Å²) in [6.07, 6.45) is -6.29. The second kappa shape index (κ2) is 11.1. The number of carboxylic acids is 1. The van der Waals surface area contributed by atoms with Crippen LogP contribution in [0.2, 0.25) is 0 Å². The number of hydrogen-bond donors (Lipinski definition) is 3. The first-order valence-corrected chi connectivity index (χ1v) is 11.2. The van der Waals surface area contributed by atoms with Crippen molar-refractivity contribution in [2.45, 2.75) is 57.2 Å². The lowest BCUT2D eigenvalue weighted by Crippen LogP contribution is -2.41. The summed E-state index contributed by atoms with van der Waals surface area (Å²) >= 11 is 5.30. The van der Waals surface area contributed by atoms with Gasteiger partial charge in [0.1, 0.15) is 22.8 Å². The summed E-state index contributed by atoms with van der Waals surface area (Å²) in [7, 11) is 0. The molecule has 36 heavy (non-hydrogen) atoms. The highest BCUT2D eigenvalue weighted by Gasteiger charge is 2.32. The summed E-state index contributed by atoms with van der Waals surface area (Å²) < 4.78 is 77.4. The van der Waals surface area contributed by atoms with Gasteiger partial charge in [-0.1, -0.05) is 6.07 Å². The lowest BCUT2D eigenvalue weighted by atomic mass is 9.93. The van der Waals surface area contributed by atoms with Crippen LogP contribution in [0, 0.1) is 0 Å². The van der Waals surface area contributed by atoms with Crippen molar-refractivity contribution in [2.24, 2.45) is 0 Å². The molecule has 1 fully saturated rings. The maximum atomic E-state index is 13.1. The maximum Gasteiger partial charge on any atom is 0.573 e. The number of halogens is 5. The van der Waals surface area contributed by atoms with E-state index in [1.807, 2.05) is 0 Å². The van der Waals surface area contributed by atoms with Gasteiger partial charge in [-0.15, -0.1) is 13.2 Å². The van der Waals surface area contributed by atoms with Gasteiger partial charge in [0.05, 0.1) is 6.10 Å². The summed E-state index contributed by atoms with van der Waals surface area (Å²) in [4.78, 5) is 11.5. The van der Waals surface area contributed by atoms with Gasteiger partial charge in [0.25, 0.3) is 0 Å². The molecule has 1 saturated carbocycles. The Bertz CT molecular complexity index is 1090. The summed E-state index contributed by atoms with van der Waals surface area (Å²) in [5.41, 5.74) is 0.0276. The van der Waals surface area contributed by atoms with Crippen molar-refractivity contribution in [3.8, 4) is 17.2 Å². The van der Waals surface area contributed by atoms with Gasteiger partial charge in [0.15, 0.2) is 5.11 Å². The first-order valence-electron chi connectivity index (χ1n) is 10.8. The number of carboxylic acid groups (broad SMARTS) is 1. The average molecular weight is 535 g/mol. The number of aromatic carboxylic acids is 1. The molecule has 0 aliphatic heterocycles. The Labute approximate surface area is 208 Å². The Balaban J connectivity index is 1.51. The molecule has 0 spiro atoms. The average Bonchev–Trinajstić information content (AvgIpc) is 2.74. The van der Waals surface area contributed by atoms with Crippen molar-refractivity contribution in [3.05, 3.63) is 48.0 Å². The Kier molecular flexibility index (Phi) is 8.43.